The third kappa shape index (κ3) is 3.64. The molecule has 0 aliphatic rings. The number of ether oxygens (including phenoxy) is 1. The molecule has 0 saturated heterocycles. The van der Waals surface area contributed by atoms with Gasteiger partial charge in [-0.2, -0.15) is 0 Å². The molecule has 6 nitrogen and oxygen atoms in total. The van der Waals surface area contributed by atoms with Crippen molar-refractivity contribution in [2.75, 3.05) is 12.4 Å². The highest BCUT2D eigenvalue weighted by atomic mass is 16.5. The van der Waals surface area contributed by atoms with E-state index >= 15 is 0 Å². The first-order valence-corrected chi connectivity index (χ1v) is 8.09. The topological polar surface area (TPSA) is 88.5 Å². The number of carbonyl (C=O) groups excluding carboxylic acids is 1. The van der Waals surface area contributed by atoms with Gasteiger partial charge in [-0.05, 0) is 17.7 Å². The van der Waals surface area contributed by atoms with Crippen molar-refractivity contribution in [2.24, 2.45) is 0 Å². The van der Waals surface area contributed by atoms with Crippen LogP contribution in [0.15, 0.2) is 60.8 Å². The van der Waals surface area contributed by atoms with Crippen LogP contribution in [0.25, 0.3) is 10.8 Å². The number of fused-ring (bicyclic) bond motifs is 1. The van der Waals surface area contributed by atoms with Crippen LogP contribution in [-0.4, -0.2) is 35.2 Å². The fraction of sp³-hybridized carbons (Fsp3) is 0.150. The molecule has 3 aromatic rings. The highest BCUT2D eigenvalue weighted by molar-refractivity contribution is 6.06. The summed E-state index contributed by atoms with van der Waals surface area (Å²) in [5.41, 5.74) is 1.16. The second kappa shape index (κ2) is 7.65. The third-order valence-corrected chi connectivity index (χ3v) is 4.12. The lowest BCUT2D eigenvalue weighted by molar-refractivity contribution is -0.141. The lowest BCUT2D eigenvalue weighted by Gasteiger charge is -2.18. The first kappa shape index (κ1) is 17.4. The first-order valence-electron chi connectivity index (χ1n) is 8.09. The van der Waals surface area contributed by atoms with E-state index in [1.807, 2.05) is 30.3 Å². The zero-order chi connectivity index (χ0) is 18.5. The maximum atomic E-state index is 12.2. The van der Waals surface area contributed by atoms with Gasteiger partial charge in [0.05, 0.1) is 12.7 Å². The molecule has 0 amide bonds. The Morgan fingerprint density at radius 1 is 1.08 bits per heavy atom. The van der Waals surface area contributed by atoms with Gasteiger partial charge >= 0.3 is 11.9 Å². The van der Waals surface area contributed by atoms with E-state index in [9.17, 15) is 14.7 Å². The van der Waals surface area contributed by atoms with Crippen molar-refractivity contribution >= 4 is 28.5 Å². The van der Waals surface area contributed by atoms with Crippen LogP contribution in [0.1, 0.15) is 15.9 Å². The van der Waals surface area contributed by atoms with Crippen LogP contribution in [0.2, 0.25) is 0 Å². The molecule has 0 aliphatic heterocycles. The molecule has 0 radical (unpaired) electrons. The van der Waals surface area contributed by atoms with Crippen LogP contribution < -0.4 is 5.32 Å². The number of aromatic nitrogens is 1. The molecule has 0 saturated carbocycles. The van der Waals surface area contributed by atoms with Crippen LogP contribution >= 0.6 is 0 Å². The van der Waals surface area contributed by atoms with Crippen molar-refractivity contribution in [1.82, 2.24) is 4.98 Å². The Balaban J connectivity index is 1.97. The molecule has 132 valence electrons. The van der Waals surface area contributed by atoms with Crippen molar-refractivity contribution < 1.29 is 19.4 Å². The molecular weight excluding hydrogens is 332 g/mol. The first-order chi connectivity index (χ1) is 12.6. The number of aromatic carboxylic acids is 1. The van der Waals surface area contributed by atoms with Crippen LogP contribution in [0.5, 0.6) is 0 Å². The van der Waals surface area contributed by atoms with E-state index in [0.29, 0.717) is 23.0 Å². The van der Waals surface area contributed by atoms with E-state index in [1.54, 1.807) is 18.2 Å². The lowest BCUT2D eigenvalue weighted by Crippen LogP contribution is -2.33. The maximum Gasteiger partial charge on any atom is 0.336 e. The predicted molar refractivity (Wildman–Crippen MR) is 98.3 cm³/mol. The molecule has 2 aromatic carbocycles. The molecule has 3 rings (SSSR count). The molecule has 0 spiro atoms. The Kier molecular flexibility index (Phi) is 5.12. The molecule has 1 atom stereocenters. The third-order valence-electron chi connectivity index (χ3n) is 4.12. The normalized spacial score (nSPS) is 11.7. The monoisotopic (exact) mass is 350 g/mol. The summed E-state index contributed by atoms with van der Waals surface area (Å²) in [4.78, 5) is 27.9. The summed E-state index contributed by atoms with van der Waals surface area (Å²) in [5.74, 6) is -0.986. The summed E-state index contributed by atoms with van der Waals surface area (Å²) in [6, 6.07) is 15.5. The van der Waals surface area contributed by atoms with Gasteiger partial charge in [-0.15, -0.1) is 0 Å². The Bertz CT molecular complexity index is 941. The van der Waals surface area contributed by atoms with Gasteiger partial charge in [0.25, 0.3) is 0 Å². The second-order valence-electron chi connectivity index (χ2n) is 5.78. The fourth-order valence-electron chi connectivity index (χ4n) is 2.86. The minimum absolute atomic E-state index is 0.186. The number of nitrogens with one attached hydrogen (secondary N) is 1. The van der Waals surface area contributed by atoms with Crippen molar-refractivity contribution in [3.63, 3.8) is 0 Å². The van der Waals surface area contributed by atoms with Crippen LogP contribution in [0.4, 0.5) is 5.82 Å². The molecule has 0 aliphatic carbocycles. The van der Waals surface area contributed by atoms with Gasteiger partial charge in [0.15, 0.2) is 0 Å². The number of hydrogen-bond acceptors (Lipinski definition) is 5. The number of pyridine rings is 1. The predicted octanol–water partition coefficient (Wildman–Crippen LogP) is 3.13. The number of nitrogens with zero attached hydrogens (tertiary/aromatic N) is 1. The van der Waals surface area contributed by atoms with Crippen molar-refractivity contribution in [3.05, 3.63) is 71.9 Å². The maximum absolute atomic E-state index is 12.2. The van der Waals surface area contributed by atoms with Gasteiger partial charge in [-0.1, -0.05) is 42.5 Å². The van der Waals surface area contributed by atoms with Gasteiger partial charge in [-0.25, -0.2) is 14.6 Å². The van der Waals surface area contributed by atoms with E-state index in [-0.39, 0.29) is 5.56 Å². The van der Waals surface area contributed by atoms with Crippen molar-refractivity contribution in [3.8, 4) is 0 Å². The molecule has 0 fully saturated rings. The lowest BCUT2D eigenvalue weighted by atomic mass is 10.0. The number of methoxy groups -OCH3 is 1. The summed E-state index contributed by atoms with van der Waals surface area (Å²) in [7, 11) is 1.33. The molecule has 1 unspecified atom stereocenters. The van der Waals surface area contributed by atoms with Gasteiger partial charge in [0.2, 0.25) is 0 Å². The van der Waals surface area contributed by atoms with E-state index in [2.05, 4.69) is 10.3 Å². The molecule has 1 aromatic heterocycles. The summed E-state index contributed by atoms with van der Waals surface area (Å²) in [6.45, 7) is 0. The van der Waals surface area contributed by atoms with Gasteiger partial charge in [0, 0.05) is 23.4 Å². The van der Waals surface area contributed by atoms with Gasteiger partial charge in [-0.3, -0.25) is 0 Å². The Labute approximate surface area is 150 Å². The minimum atomic E-state index is -1.01. The highest BCUT2D eigenvalue weighted by Gasteiger charge is 2.21. The van der Waals surface area contributed by atoms with Crippen LogP contribution in [0, 0.1) is 0 Å². The average molecular weight is 350 g/mol. The molecule has 0 bridgehead atoms. The van der Waals surface area contributed by atoms with Crippen LogP contribution in [-0.2, 0) is 16.0 Å². The minimum Gasteiger partial charge on any atom is -0.478 e. The zero-order valence-corrected chi connectivity index (χ0v) is 14.2. The molecule has 1 heterocycles. The number of benzene rings is 2. The summed E-state index contributed by atoms with van der Waals surface area (Å²) in [5, 5.41) is 13.7. The van der Waals surface area contributed by atoms with E-state index in [4.69, 9.17) is 4.74 Å². The number of rotatable bonds is 6. The molecule has 6 heteroatoms. The van der Waals surface area contributed by atoms with E-state index < -0.39 is 18.0 Å². The smallest absolute Gasteiger partial charge is 0.336 e. The van der Waals surface area contributed by atoms with Gasteiger partial charge in [0.1, 0.15) is 11.9 Å². The summed E-state index contributed by atoms with van der Waals surface area (Å²) >= 11 is 0. The van der Waals surface area contributed by atoms with Crippen molar-refractivity contribution in [1.29, 1.82) is 0 Å². The number of carboxylic acid groups (broad SMARTS) is 1. The average Bonchev–Trinajstić information content (AvgIpc) is 2.67. The van der Waals surface area contributed by atoms with Crippen molar-refractivity contribution in [2.45, 2.75) is 12.5 Å². The zero-order valence-electron chi connectivity index (χ0n) is 14.2. The van der Waals surface area contributed by atoms with Crippen LogP contribution in [0.3, 0.4) is 0 Å². The highest BCUT2D eigenvalue weighted by Crippen LogP contribution is 2.25. The quantitative estimate of drug-likeness (QED) is 0.664. The standard InChI is InChI=1S/C20H18N2O4/c1-26-20(25)17(12-13-6-3-2-4-7-13)22-18-15-8-5-9-16(19(23)24)14(15)10-11-21-18/h2-11,17H,12H2,1H3,(H,21,22)(H,23,24). The number of anilines is 1. The molecule has 26 heavy (non-hydrogen) atoms. The Morgan fingerprint density at radius 3 is 2.54 bits per heavy atom. The largest absolute Gasteiger partial charge is 0.478 e. The number of hydrogen-bond donors (Lipinski definition) is 2. The number of esters is 1. The molecular formula is C20H18N2O4. The van der Waals surface area contributed by atoms with E-state index in [0.717, 1.165) is 5.56 Å². The SMILES string of the molecule is COC(=O)C(Cc1ccccc1)Nc1nccc2c(C(=O)O)cccc12. The van der Waals surface area contributed by atoms with Gasteiger partial charge < -0.3 is 15.2 Å². The summed E-state index contributed by atoms with van der Waals surface area (Å²) < 4.78 is 4.91. The molecule has 2 N–H and O–H groups in total. The number of carboxylic acids is 1. The Morgan fingerprint density at radius 2 is 1.85 bits per heavy atom. The second-order valence-corrected chi connectivity index (χ2v) is 5.78. The summed E-state index contributed by atoms with van der Waals surface area (Å²) in [6.07, 6.45) is 1.94. The Hall–Kier alpha value is -3.41. The van der Waals surface area contributed by atoms with E-state index in [1.165, 1.54) is 19.4 Å². The fourth-order valence-corrected chi connectivity index (χ4v) is 2.86. The number of carbonyl (C=O) groups is 2.